The average molecular weight is 231 g/mol. The van der Waals surface area contributed by atoms with E-state index in [1.54, 1.807) is 0 Å². The molecule has 3 rings (SSSR count). The van der Waals surface area contributed by atoms with Crippen molar-refractivity contribution < 1.29 is 9.53 Å². The summed E-state index contributed by atoms with van der Waals surface area (Å²) in [5.41, 5.74) is 1.03. The first kappa shape index (κ1) is 10.6. The van der Waals surface area contributed by atoms with Crippen LogP contribution in [-0.4, -0.2) is 18.6 Å². The Morgan fingerprint density at radius 3 is 3.06 bits per heavy atom. The van der Waals surface area contributed by atoms with Gasteiger partial charge in [0.15, 0.2) is 0 Å². The van der Waals surface area contributed by atoms with Crippen molar-refractivity contribution in [2.24, 2.45) is 5.92 Å². The van der Waals surface area contributed by atoms with Crippen LogP contribution in [0.25, 0.3) is 0 Å². The number of carbonyl (C=O) groups excluding carboxylic acids is 1. The van der Waals surface area contributed by atoms with Crippen molar-refractivity contribution >= 4 is 5.91 Å². The third-order valence-corrected chi connectivity index (χ3v) is 3.79. The minimum atomic E-state index is -0.121. The topological polar surface area (TPSA) is 38.3 Å². The second kappa shape index (κ2) is 4.06. The van der Waals surface area contributed by atoms with Crippen molar-refractivity contribution in [3.8, 4) is 5.75 Å². The lowest BCUT2D eigenvalue weighted by Crippen LogP contribution is -2.32. The molecule has 1 aliphatic carbocycles. The zero-order valence-corrected chi connectivity index (χ0v) is 9.98. The number of fused-ring (bicyclic) bond motifs is 1. The van der Waals surface area contributed by atoms with Crippen molar-refractivity contribution in [2.45, 2.75) is 31.7 Å². The van der Waals surface area contributed by atoms with E-state index in [2.05, 4.69) is 12.2 Å². The highest BCUT2D eigenvalue weighted by Crippen LogP contribution is 2.36. The van der Waals surface area contributed by atoms with Crippen LogP contribution in [0.2, 0.25) is 0 Å². The number of amides is 1. The molecule has 90 valence electrons. The number of nitrogens with one attached hydrogen (secondary N) is 1. The lowest BCUT2D eigenvalue weighted by Gasteiger charge is -2.09. The van der Waals surface area contributed by atoms with Crippen LogP contribution in [-0.2, 0) is 4.79 Å². The third-order valence-electron chi connectivity index (χ3n) is 3.79. The number of benzene rings is 1. The van der Waals surface area contributed by atoms with Gasteiger partial charge in [-0.2, -0.15) is 0 Å². The molecule has 3 heteroatoms. The maximum Gasteiger partial charge on any atom is 0.231 e. The van der Waals surface area contributed by atoms with Crippen LogP contribution in [0.3, 0.4) is 0 Å². The van der Waals surface area contributed by atoms with Crippen molar-refractivity contribution in [3.63, 3.8) is 0 Å². The Morgan fingerprint density at radius 1 is 1.47 bits per heavy atom. The fourth-order valence-electron chi connectivity index (χ4n) is 2.54. The number of ether oxygens (including phenoxy) is 1. The molecule has 3 nitrogen and oxygen atoms in total. The van der Waals surface area contributed by atoms with Crippen molar-refractivity contribution in [1.82, 2.24) is 5.32 Å². The summed E-state index contributed by atoms with van der Waals surface area (Å²) in [6.07, 6.45) is 2.29. The van der Waals surface area contributed by atoms with Gasteiger partial charge in [0.1, 0.15) is 18.3 Å². The second-order valence-electron chi connectivity index (χ2n) is 4.92. The standard InChI is InChI=1S/C14H17NO2/c1-2-9-7-12(9)15-14(16)11-8-17-13-6-4-3-5-10(11)13/h3-6,9,11-12H,2,7-8H2,1H3,(H,15,16)/t9-,11+,12-/m1/s1. The van der Waals surface area contributed by atoms with Gasteiger partial charge in [-0.05, 0) is 18.4 Å². The van der Waals surface area contributed by atoms with E-state index >= 15 is 0 Å². The van der Waals surface area contributed by atoms with E-state index in [1.165, 1.54) is 0 Å². The molecular weight excluding hydrogens is 214 g/mol. The zero-order chi connectivity index (χ0) is 11.8. The number of carbonyl (C=O) groups is 1. The molecule has 1 fully saturated rings. The molecular formula is C14H17NO2. The summed E-state index contributed by atoms with van der Waals surface area (Å²) in [6, 6.07) is 8.21. The van der Waals surface area contributed by atoms with E-state index in [4.69, 9.17) is 4.74 Å². The Morgan fingerprint density at radius 2 is 2.29 bits per heavy atom. The van der Waals surface area contributed by atoms with Gasteiger partial charge in [-0.3, -0.25) is 4.79 Å². The highest BCUT2D eigenvalue weighted by molar-refractivity contribution is 5.86. The zero-order valence-electron chi connectivity index (χ0n) is 9.98. The van der Waals surface area contributed by atoms with Crippen molar-refractivity contribution in [2.75, 3.05) is 6.61 Å². The van der Waals surface area contributed by atoms with Crippen LogP contribution < -0.4 is 10.1 Å². The summed E-state index contributed by atoms with van der Waals surface area (Å²) < 4.78 is 5.53. The summed E-state index contributed by atoms with van der Waals surface area (Å²) in [6.45, 7) is 2.65. The predicted molar refractivity (Wildman–Crippen MR) is 65.0 cm³/mol. The molecule has 0 unspecified atom stereocenters. The normalized spacial score (nSPS) is 29.4. The van der Waals surface area contributed by atoms with E-state index in [-0.39, 0.29) is 11.8 Å². The van der Waals surface area contributed by atoms with E-state index < -0.39 is 0 Å². The average Bonchev–Trinajstić information content (AvgIpc) is 2.96. The van der Waals surface area contributed by atoms with Crippen molar-refractivity contribution in [3.05, 3.63) is 29.8 Å². The Bertz CT molecular complexity index is 444. The molecule has 1 saturated carbocycles. The van der Waals surface area contributed by atoms with Crippen LogP contribution in [0.4, 0.5) is 0 Å². The first-order valence-electron chi connectivity index (χ1n) is 6.31. The maximum atomic E-state index is 12.1. The number of rotatable bonds is 3. The van der Waals surface area contributed by atoms with Crippen LogP contribution in [0.1, 0.15) is 31.2 Å². The Balaban J connectivity index is 1.68. The van der Waals surface area contributed by atoms with Gasteiger partial charge in [-0.1, -0.05) is 31.5 Å². The largest absolute Gasteiger partial charge is 0.492 e. The molecule has 1 aromatic carbocycles. The molecule has 17 heavy (non-hydrogen) atoms. The van der Waals surface area contributed by atoms with Crippen LogP contribution in [0, 0.1) is 5.92 Å². The molecule has 1 aliphatic heterocycles. The van der Waals surface area contributed by atoms with E-state index in [9.17, 15) is 4.79 Å². The van der Waals surface area contributed by atoms with E-state index in [0.717, 1.165) is 24.2 Å². The summed E-state index contributed by atoms with van der Waals surface area (Å²) in [5, 5.41) is 3.12. The Hall–Kier alpha value is -1.51. The quantitative estimate of drug-likeness (QED) is 0.865. The molecule has 3 atom stereocenters. The van der Waals surface area contributed by atoms with Gasteiger partial charge in [0, 0.05) is 11.6 Å². The summed E-state index contributed by atoms with van der Waals surface area (Å²) in [4.78, 5) is 12.1. The first-order chi connectivity index (χ1) is 8.29. The molecule has 0 spiro atoms. The highest BCUT2D eigenvalue weighted by Gasteiger charge is 2.39. The van der Waals surface area contributed by atoms with Crippen LogP contribution >= 0.6 is 0 Å². The van der Waals surface area contributed by atoms with E-state index in [0.29, 0.717) is 18.6 Å². The molecule has 1 N–H and O–H groups in total. The molecule has 0 saturated heterocycles. The fraction of sp³-hybridized carbons (Fsp3) is 0.500. The second-order valence-corrected chi connectivity index (χ2v) is 4.92. The SMILES string of the molecule is CC[C@@H]1C[C@H]1NC(=O)[C@H]1COc2ccccc21. The van der Waals surface area contributed by atoms with Gasteiger partial charge in [0.2, 0.25) is 5.91 Å². The van der Waals surface area contributed by atoms with Gasteiger partial charge in [-0.15, -0.1) is 0 Å². The van der Waals surface area contributed by atoms with Crippen molar-refractivity contribution in [1.29, 1.82) is 0 Å². The summed E-state index contributed by atoms with van der Waals surface area (Å²) in [7, 11) is 0. The Labute approximate surface area is 101 Å². The Kier molecular flexibility index (Phi) is 2.54. The molecule has 2 aliphatic rings. The van der Waals surface area contributed by atoms with Crippen LogP contribution in [0.5, 0.6) is 5.75 Å². The molecule has 1 aromatic rings. The van der Waals surface area contributed by atoms with Gasteiger partial charge >= 0.3 is 0 Å². The number of hydrogen-bond acceptors (Lipinski definition) is 2. The molecule has 1 amide bonds. The van der Waals surface area contributed by atoms with Gasteiger partial charge < -0.3 is 10.1 Å². The lowest BCUT2D eigenvalue weighted by molar-refractivity contribution is -0.122. The monoisotopic (exact) mass is 231 g/mol. The molecule has 0 bridgehead atoms. The smallest absolute Gasteiger partial charge is 0.231 e. The third kappa shape index (κ3) is 1.90. The summed E-state index contributed by atoms with van der Waals surface area (Å²) >= 11 is 0. The highest BCUT2D eigenvalue weighted by atomic mass is 16.5. The predicted octanol–water partition coefficient (Wildman–Crippen LogP) is 2.08. The number of hydrogen-bond donors (Lipinski definition) is 1. The molecule has 0 aromatic heterocycles. The van der Waals surface area contributed by atoms with Gasteiger partial charge in [0.05, 0.1) is 0 Å². The summed E-state index contributed by atoms with van der Waals surface area (Å²) in [5.74, 6) is 1.55. The van der Waals surface area contributed by atoms with Gasteiger partial charge in [0.25, 0.3) is 0 Å². The first-order valence-corrected chi connectivity index (χ1v) is 6.31. The minimum absolute atomic E-state index is 0.121. The van der Waals surface area contributed by atoms with E-state index in [1.807, 2.05) is 24.3 Å². The fourth-order valence-corrected chi connectivity index (χ4v) is 2.54. The minimum Gasteiger partial charge on any atom is -0.492 e. The molecule has 1 heterocycles. The number of para-hydroxylation sites is 1. The molecule has 0 radical (unpaired) electrons. The maximum absolute atomic E-state index is 12.1. The van der Waals surface area contributed by atoms with Crippen LogP contribution in [0.15, 0.2) is 24.3 Å². The van der Waals surface area contributed by atoms with Gasteiger partial charge in [-0.25, -0.2) is 0 Å². The lowest BCUT2D eigenvalue weighted by atomic mass is 10.0.